The molecule has 0 fully saturated rings. The van der Waals surface area contributed by atoms with E-state index < -0.39 is 5.91 Å². The van der Waals surface area contributed by atoms with E-state index in [2.05, 4.69) is 9.97 Å². The second-order valence-corrected chi connectivity index (χ2v) is 3.90. The molecule has 0 saturated heterocycles. The smallest absolute Gasteiger partial charge is 0.268 e. The molecule has 0 aromatic carbocycles. The molecule has 4 nitrogen and oxygen atoms in total. The maximum absolute atomic E-state index is 10.8. The standard InChI is InChI=1S/C9H13N3O/c1-9(2,3)7-5-11-4-6(12-7)8(10)13/h4-5H,1-3H3,(H2,10,13). The molecule has 13 heavy (non-hydrogen) atoms. The van der Waals surface area contributed by atoms with E-state index >= 15 is 0 Å². The molecule has 0 atom stereocenters. The lowest BCUT2D eigenvalue weighted by atomic mass is 9.93. The molecule has 1 amide bonds. The van der Waals surface area contributed by atoms with Gasteiger partial charge in [0.15, 0.2) is 0 Å². The topological polar surface area (TPSA) is 68.9 Å². The highest BCUT2D eigenvalue weighted by Gasteiger charge is 2.17. The Hall–Kier alpha value is -1.45. The van der Waals surface area contributed by atoms with Gasteiger partial charge in [-0.3, -0.25) is 9.78 Å². The van der Waals surface area contributed by atoms with Crippen molar-refractivity contribution in [3.63, 3.8) is 0 Å². The fourth-order valence-corrected chi connectivity index (χ4v) is 0.846. The first-order valence-electron chi connectivity index (χ1n) is 4.03. The monoisotopic (exact) mass is 179 g/mol. The number of hydrogen-bond donors (Lipinski definition) is 1. The van der Waals surface area contributed by atoms with Crippen LogP contribution in [-0.2, 0) is 5.41 Å². The van der Waals surface area contributed by atoms with E-state index in [1.54, 1.807) is 6.20 Å². The van der Waals surface area contributed by atoms with E-state index in [-0.39, 0.29) is 11.1 Å². The van der Waals surface area contributed by atoms with Gasteiger partial charge in [0, 0.05) is 11.6 Å². The number of nitrogens with two attached hydrogens (primary N) is 1. The molecule has 2 N–H and O–H groups in total. The third kappa shape index (κ3) is 2.24. The van der Waals surface area contributed by atoms with Crippen molar-refractivity contribution in [3.8, 4) is 0 Å². The number of hydrogen-bond acceptors (Lipinski definition) is 3. The van der Waals surface area contributed by atoms with Gasteiger partial charge in [-0.1, -0.05) is 20.8 Å². The van der Waals surface area contributed by atoms with Crippen LogP contribution in [0.3, 0.4) is 0 Å². The Kier molecular flexibility index (Phi) is 2.32. The molecule has 0 radical (unpaired) electrons. The first-order chi connectivity index (χ1) is 5.91. The maximum atomic E-state index is 10.8. The molecule has 0 aliphatic carbocycles. The van der Waals surface area contributed by atoms with Crippen LogP contribution in [0.2, 0.25) is 0 Å². The zero-order chi connectivity index (χ0) is 10.1. The highest BCUT2D eigenvalue weighted by atomic mass is 16.1. The summed E-state index contributed by atoms with van der Waals surface area (Å²) in [6.07, 6.45) is 3.02. The van der Waals surface area contributed by atoms with Crippen LogP contribution in [0.5, 0.6) is 0 Å². The van der Waals surface area contributed by atoms with Crippen LogP contribution < -0.4 is 5.73 Å². The van der Waals surface area contributed by atoms with E-state index in [0.717, 1.165) is 5.69 Å². The molecule has 70 valence electrons. The largest absolute Gasteiger partial charge is 0.364 e. The summed E-state index contributed by atoms with van der Waals surface area (Å²) in [5, 5.41) is 0. The number of primary amides is 1. The van der Waals surface area contributed by atoms with Crippen molar-refractivity contribution in [2.45, 2.75) is 26.2 Å². The molecule has 0 aliphatic heterocycles. The van der Waals surface area contributed by atoms with Gasteiger partial charge in [0.05, 0.1) is 11.9 Å². The van der Waals surface area contributed by atoms with Crippen LogP contribution in [0.25, 0.3) is 0 Å². The molecule has 0 saturated carbocycles. The Balaban J connectivity index is 3.13. The number of carbonyl (C=O) groups is 1. The highest BCUT2D eigenvalue weighted by molar-refractivity contribution is 5.90. The van der Waals surface area contributed by atoms with E-state index in [1.807, 2.05) is 20.8 Å². The molecule has 0 bridgehead atoms. The SMILES string of the molecule is CC(C)(C)c1cncc(C(N)=O)n1. The van der Waals surface area contributed by atoms with E-state index in [9.17, 15) is 4.79 Å². The summed E-state index contributed by atoms with van der Waals surface area (Å²) in [6.45, 7) is 6.01. The number of carbonyl (C=O) groups excluding carboxylic acids is 1. The van der Waals surface area contributed by atoms with Gasteiger partial charge in [-0.05, 0) is 0 Å². The molecule has 0 unspecified atom stereocenters. The van der Waals surface area contributed by atoms with Gasteiger partial charge in [-0.15, -0.1) is 0 Å². The Morgan fingerprint density at radius 3 is 2.46 bits per heavy atom. The number of nitrogens with zero attached hydrogens (tertiary/aromatic N) is 2. The van der Waals surface area contributed by atoms with Crippen LogP contribution in [-0.4, -0.2) is 15.9 Å². The number of rotatable bonds is 1. The second-order valence-electron chi connectivity index (χ2n) is 3.90. The lowest BCUT2D eigenvalue weighted by Crippen LogP contribution is -2.19. The third-order valence-electron chi connectivity index (χ3n) is 1.66. The van der Waals surface area contributed by atoms with E-state index in [0.29, 0.717) is 0 Å². The van der Waals surface area contributed by atoms with Crippen LogP contribution >= 0.6 is 0 Å². The summed E-state index contributed by atoms with van der Waals surface area (Å²) in [4.78, 5) is 18.8. The summed E-state index contributed by atoms with van der Waals surface area (Å²) in [5.74, 6) is -0.543. The van der Waals surface area contributed by atoms with E-state index in [1.165, 1.54) is 6.20 Å². The Labute approximate surface area is 77.2 Å². The lowest BCUT2D eigenvalue weighted by Gasteiger charge is -2.16. The Bertz CT molecular complexity index is 328. The van der Waals surface area contributed by atoms with Gasteiger partial charge in [-0.2, -0.15) is 0 Å². The van der Waals surface area contributed by atoms with Gasteiger partial charge in [-0.25, -0.2) is 4.98 Å². The summed E-state index contributed by atoms with van der Waals surface area (Å²) in [7, 11) is 0. The summed E-state index contributed by atoms with van der Waals surface area (Å²) >= 11 is 0. The summed E-state index contributed by atoms with van der Waals surface area (Å²) < 4.78 is 0. The van der Waals surface area contributed by atoms with Crippen LogP contribution in [0.4, 0.5) is 0 Å². The fraction of sp³-hybridized carbons (Fsp3) is 0.444. The summed E-state index contributed by atoms with van der Waals surface area (Å²) in [6, 6.07) is 0. The van der Waals surface area contributed by atoms with Gasteiger partial charge < -0.3 is 5.73 Å². The minimum atomic E-state index is -0.543. The Morgan fingerprint density at radius 1 is 1.38 bits per heavy atom. The van der Waals surface area contributed by atoms with Crippen molar-refractivity contribution >= 4 is 5.91 Å². The quantitative estimate of drug-likeness (QED) is 0.695. The molecular weight excluding hydrogens is 166 g/mol. The molecule has 0 spiro atoms. The van der Waals surface area contributed by atoms with Crippen molar-refractivity contribution in [3.05, 3.63) is 23.8 Å². The van der Waals surface area contributed by atoms with Gasteiger partial charge in [0.2, 0.25) is 0 Å². The van der Waals surface area contributed by atoms with Gasteiger partial charge in [0.1, 0.15) is 5.69 Å². The average Bonchev–Trinajstić information content (AvgIpc) is 2.03. The second kappa shape index (κ2) is 3.12. The lowest BCUT2D eigenvalue weighted by molar-refractivity contribution is 0.0995. The van der Waals surface area contributed by atoms with Crippen molar-refractivity contribution in [2.75, 3.05) is 0 Å². The first-order valence-corrected chi connectivity index (χ1v) is 4.03. The zero-order valence-corrected chi connectivity index (χ0v) is 8.03. The molecular formula is C9H13N3O. The fourth-order valence-electron chi connectivity index (χ4n) is 0.846. The van der Waals surface area contributed by atoms with Gasteiger partial charge >= 0.3 is 0 Å². The molecule has 1 aromatic heterocycles. The first kappa shape index (κ1) is 9.64. The number of amides is 1. The van der Waals surface area contributed by atoms with Crippen molar-refractivity contribution in [2.24, 2.45) is 5.73 Å². The minimum absolute atomic E-state index is 0.113. The molecule has 1 aromatic rings. The number of aromatic nitrogens is 2. The predicted molar refractivity (Wildman–Crippen MR) is 49.2 cm³/mol. The van der Waals surface area contributed by atoms with Gasteiger partial charge in [0.25, 0.3) is 5.91 Å². The van der Waals surface area contributed by atoms with Crippen molar-refractivity contribution in [1.29, 1.82) is 0 Å². The molecule has 1 heterocycles. The Morgan fingerprint density at radius 2 is 2.00 bits per heavy atom. The van der Waals surface area contributed by atoms with Crippen molar-refractivity contribution < 1.29 is 4.79 Å². The van der Waals surface area contributed by atoms with Crippen LogP contribution in [0, 0.1) is 0 Å². The third-order valence-corrected chi connectivity index (χ3v) is 1.66. The molecule has 0 aliphatic rings. The predicted octanol–water partition coefficient (Wildman–Crippen LogP) is 0.873. The molecule has 4 heteroatoms. The van der Waals surface area contributed by atoms with Crippen molar-refractivity contribution in [1.82, 2.24) is 9.97 Å². The highest BCUT2D eigenvalue weighted by Crippen LogP contribution is 2.18. The van der Waals surface area contributed by atoms with E-state index in [4.69, 9.17) is 5.73 Å². The average molecular weight is 179 g/mol. The van der Waals surface area contributed by atoms with Crippen LogP contribution in [0.1, 0.15) is 37.0 Å². The molecule has 1 rings (SSSR count). The van der Waals surface area contributed by atoms with Crippen LogP contribution in [0.15, 0.2) is 12.4 Å². The normalized spacial score (nSPS) is 11.3. The maximum Gasteiger partial charge on any atom is 0.268 e. The zero-order valence-electron chi connectivity index (χ0n) is 8.03. The minimum Gasteiger partial charge on any atom is -0.364 e. The summed E-state index contributed by atoms with van der Waals surface area (Å²) in [5.41, 5.74) is 5.95.